The number of piperazine rings is 1. The van der Waals surface area contributed by atoms with Gasteiger partial charge in [0.1, 0.15) is 23.0 Å². The van der Waals surface area contributed by atoms with E-state index in [1.165, 1.54) is 9.80 Å². The molecule has 9 nitrogen and oxygen atoms in total. The van der Waals surface area contributed by atoms with E-state index in [0.717, 1.165) is 29.5 Å². The fourth-order valence-electron chi connectivity index (χ4n) is 6.52. The molecule has 2 unspecified atom stereocenters. The summed E-state index contributed by atoms with van der Waals surface area (Å²) < 4.78 is 94.7. The van der Waals surface area contributed by atoms with Crippen LogP contribution in [0.5, 0.6) is 11.5 Å². The van der Waals surface area contributed by atoms with Gasteiger partial charge in [-0.25, -0.2) is 0 Å². The first-order valence-corrected chi connectivity index (χ1v) is 16.7. The van der Waals surface area contributed by atoms with E-state index in [0.29, 0.717) is 42.7 Å². The van der Waals surface area contributed by atoms with Crippen LogP contribution >= 0.6 is 11.3 Å². The van der Waals surface area contributed by atoms with E-state index >= 15 is 0 Å². The number of aliphatic hydroxyl groups excluding tert-OH is 1. The van der Waals surface area contributed by atoms with Crippen LogP contribution in [0.3, 0.4) is 0 Å². The molecule has 0 aliphatic carbocycles. The Kier molecular flexibility index (Phi) is 11.0. The quantitative estimate of drug-likeness (QED) is 0.253. The number of benzene rings is 1. The molecule has 5 rings (SSSR count). The molecule has 2 aliphatic heterocycles. The summed E-state index contributed by atoms with van der Waals surface area (Å²) in [5, 5.41) is 10.4. The lowest BCUT2D eigenvalue weighted by Crippen LogP contribution is -2.69. The van der Waals surface area contributed by atoms with Crippen molar-refractivity contribution in [1.29, 1.82) is 0 Å². The molecule has 4 heterocycles. The van der Waals surface area contributed by atoms with Crippen LogP contribution in [0.4, 0.5) is 32.0 Å². The number of aliphatic hydroxyl groups is 1. The Morgan fingerprint density at radius 1 is 1.04 bits per heavy atom. The van der Waals surface area contributed by atoms with Gasteiger partial charge in [-0.3, -0.25) is 14.6 Å². The number of carbonyl (C=O) groups is 2. The fraction of sp³-hybridized carbons (Fsp3) is 0.485. The lowest BCUT2D eigenvalue weighted by molar-refractivity contribution is -0.159. The van der Waals surface area contributed by atoms with Crippen LogP contribution in [0.1, 0.15) is 53.4 Å². The third kappa shape index (κ3) is 7.74. The first-order chi connectivity index (χ1) is 23.3. The molecule has 0 saturated carbocycles. The second-order valence-corrected chi connectivity index (χ2v) is 12.7. The zero-order valence-corrected chi connectivity index (χ0v) is 27.4. The van der Waals surface area contributed by atoms with Gasteiger partial charge in [-0.05, 0) is 31.0 Å². The predicted molar refractivity (Wildman–Crippen MR) is 169 cm³/mol. The van der Waals surface area contributed by atoms with Crippen LogP contribution in [-0.2, 0) is 17.1 Å². The summed E-state index contributed by atoms with van der Waals surface area (Å²) in [5.41, 5.74) is -3.01. The van der Waals surface area contributed by atoms with Gasteiger partial charge in [-0.2, -0.15) is 26.3 Å². The molecule has 2 saturated heterocycles. The van der Waals surface area contributed by atoms with Crippen molar-refractivity contribution in [2.75, 3.05) is 50.8 Å². The van der Waals surface area contributed by atoms with E-state index in [2.05, 4.69) is 4.98 Å². The standard InChI is InChI=1S/C33H36F6N4O5S/c1-2-6-27-31(48-22-19-28(49-21-22)33(37,38)39,10-5-12-43(27)29(45)23-20-40-11-9-24(23)32(34,35)36)30(46)42-15-13-41(14-16-42)25-7-3-4-8-26(25)47-18-17-44/h3-4,7-9,11,19-21,27,44H,2,5-6,10,12-18H2,1H3. The Labute approximate surface area is 283 Å². The number of anilines is 1. The molecular formula is C33H36F6N4O5S. The van der Waals surface area contributed by atoms with Crippen molar-refractivity contribution in [3.63, 3.8) is 0 Å². The number of nitrogens with zero attached hydrogens (tertiary/aromatic N) is 4. The number of amides is 2. The molecule has 1 aromatic carbocycles. The molecule has 2 amide bonds. The van der Waals surface area contributed by atoms with Crippen molar-refractivity contribution in [3.05, 3.63) is 70.2 Å². The smallest absolute Gasteiger partial charge is 0.425 e. The predicted octanol–water partition coefficient (Wildman–Crippen LogP) is 6.12. The lowest BCUT2D eigenvalue weighted by atomic mass is 9.79. The Morgan fingerprint density at radius 2 is 1.78 bits per heavy atom. The minimum atomic E-state index is -4.86. The number of pyridine rings is 1. The van der Waals surface area contributed by atoms with Gasteiger partial charge in [0.25, 0.3) is 11.8 Å². The first-order valence-electron chi connectivity index (χ1n) is 15.8. The van der Waals surface area contributed by atoms with E-state index in [4.69, 9.17) is 9.47 Å². The highest BCUT2D eigenvalue weighted by Gasteiger charge is 2.56. The summed E-state index contributed by atoms with van der Waals surface area (Å²) >= 11 is 0.396. The normalized spacial score (nSPS) is 20.3. The summed E-state index contributed by atoms with van der Waals surface area (Å²) in [7, 11) is 0. The van der Waals surface area contributed by atoms with Crippen molar-refractivity contribution in [2.24, 2.45) is 0 Å². The molecule has 3 aromatic rings. The summed E-state index contributed by atoms with van der Waals surface area (Å²) in [4.78, 5) is 36.2. The Morgan fingerprint density at radius 3 is 2.43 bits per heavy atom. The monoisotopic (exact) mass is 714 g/mol. The van der Waals surface area contributed by atoms with E-state index < -0.39 is 51.8 Å². The van der Waals surface area contributed by atoms with Crippen LogP contribution in [0.25, 0.3) is 0 Å². The van der Waals surface area contributed by atoms with Gasteiger partial charge in [0, 0.05) is 63.0 Å². The highest BCUT2D eigenvalue weighted by Crippen LogP contribution is 2.43. The van der Waals surface area contributed by atoms with Gasteiger partial charge in [0.2, 0.25) is 5.60 Å². The summed E-state index contributed by atoms with van der Waals surface area (Å²) in [5.74, 6) is -1.22. The third-order valence-corrected chi connectivity index (χ3v) is 9.63. The first kappa shape index (κ1) is 36.2. The number of hydrogen-bond acceptors (Lipinski definition) is 8. The maximum atomic E-state index is 14.7. The van der Waals surface area contributed by atoms with Crippen LogP contribution in [0, 0.1) is 0 Å². The molecule has 2 fully saturated rings. The van der Waals surface area contributed by atoms with Crippen molar-refractivity contribution in [1.82, 2.24) is 14.8 Å². The number of hydrogen-bond donors (Lipinski definition) is 1. The maximum Gasteiger partial charge on any atom is 0.425 e. The minimum Gasteiger partial charge on any atom is -0.489 e. The zero-order valence-electron chi connectivity index (χ0n) is 26.6. The summed E-state index contributed by atoms with van der Waals surface area (Å²) in [6.07, 6.45) is -7.07. The molecule has 0 radical (unpaired) electrons. The molecule has 49 heavy (non-hydrogen) atoms. The third-order valence-electron chi connectivity index (χ3n) is 8.68. The average Bonchev–Trinajstić information content (AvgIpc) is 3.56. The lowest BCUT2D eigenvalue weighted by Gasteiger charge is -2.50. The number of carbonyl (C=O) groups excluding carboxylic acids is 2. The number of alkyl halides is 6. The van der Waals surface area contributed by atoms with E-state index in [9.17, 15) is 41.0 Å². The highest BCUT2D eigenvalue weighted by atomic mass is 32.1. The number of aromatic nitrogens is 1. The Bertz CT molecular complexity index is 1610. The molecule has 1 N–H and O–H groups in total. The van der Waals surface area contributed by atoms with Crippen LogP contribution < -0.4 is 14.4 Å². The van der Waals surface area contributed by atoms with Crippen molar-refractivity contribution >= 4 is 28.8 Å². The van der Waals surface area contributed by atoms with Crippen molar-refractivity contribution in [3.8, 4) is 11.5 Å². The van der Waals surface area contributed by atoms with Crippen molar-refractivity contribution < 1.29 is 50.5 Å². The summed E-state index contributed by atoms with van der Waals surface area (Å²) in [6.45, 7) is 2.76. The molecular weight excluding hydrogens is 678 g/mol. The second-order valence-electron chi connectivity index (χ2n) is 11.8. The molecule has 0 spiro atoms. The number of ether oxygens (including phenoxy) is 2. The van der Waals surface area contributed by atoms with Gasteiger partial charge in [0.05, 0.1) is 29.5 Å². The van der Waals surface area contributed by atoms with E-state index in [1.54, 1.807) is 19.1 Å². The van der Waals surface area contributed by atoms with Gasteiger partial charge in [0.15, 0.2) is 0 Å². The minimum absolute atomic E-state index is 0.00389. The van der Waals surface area contributed by atoms with E-state index in [1.807, 2.05) is 17.0 Å². The zero-order chi connectivity index (χ0) is 35.4. The van der Waals surface area contributed by atoms with Crippen molar-refractivity contribution in [2.45, 2.75) is 56.6 Å². The fourth-order valence-corrected chi connectivity index (χ4v) is 7.19. The average molecular weight is 715 g/mol. The van der Waals surface area contributed by atoms with Gasteiger partial charge >= 0.3 is 12.4 Å². The number of piperidine rings is 1. The number of likely N-dealkylation sites (tertiary alicyclic amines) is 1. The Balaban J connectivity index is 1.50. The number of halogens is 6. The molecule has 2 aromatic heterocycles. The molecule has 266 valence electrons. The van der Waals surface area contributed by atoms with Crippen LogP contribution in [0.15, 0.2) is 54.2 Å². The number of thiophene rings is 1. The summed E-state index contributed by atoms with van der Waals surface area (Å²) in [6, 6.07) is 7.62. The number of para-hydroxylation sites is 2. The molecule has 0 bridgehead atoms. The van der Waals surface area contributed by atoms with Gasteiger partial charge in [-0.1, -0.05) is 25.5 Å². The van der Waals surface area contributed by atoms with Gasteiger partial charge in [-0.15, -0.1) is 11.3 Å². The van der Waals surface area contributed by atoms with Crippen LogP contribution in [0.2, 0.25) is 0 Å². The van der Waals surface area contributed by atoms with Gasteiger partial charge < -0.3 is 29.3 Å². The molecule has 2 aliphatic rings. The van der Waals surface area contributed by atoms with Crippen LogP contribution in [-0.4, -0.2) is 89.3 Å². The maximum absolute atomic E-state index is 14.7. The van der Waals surface area contributed by atoms with E-state index in [-0.39, 0.29) is 57.9 Å². The second kappa shape index (κ2) is 14.8. The Hall–Kier alpha value is -4.05. The topological polar surface area (TPSA) is 95.4 Å². The highest BCUT2D eigenvalue weighted by molar-refractivity contribution is 7.10. The number of rotatable bonds is 10. The largest absolute Gasteiger partial charge is 0.489 e. The molecule has 2 atom stereocenters. The molecule has 16 heteroatoms. The SMILES string of the molecule is CCCC1N(C(=O)c2cnccc2C(F)(F)F)CCCC1(Oc1csc(C(F)(F)F)c1)C(=O)N1CCN(c2ccccc2OCCO)CC1.